The predicted octanol–water partition coefficient (Wildman–Crippen LogP) is 6.49. The van der Waals surface area contributed by atoms with Crippen LogP contribution in [0.2, 0.25) is 0 Å². The van der Waals surface area contributed by atoms with Crippen LogP contribution in [0.5, 0.6) is 0 Å². The number of pyridine rings is 3. The number of fused-ring (bicyclic) bond motifs is 2. The van der Waals surface area contributed by atoms with E-state index in [1.807, 2.05) is 24.3 Å². The SMILES string of the molecule is C=C(CCC)Nc1cncc(-c2cc3c(-c4nc5c(-c6cccnc6)nccc5[nH]4)n[nH]c3cc2F)c1. The number of halogens is 1. The highest BCUT2D eigenvalue weighted by molar-refractivity contribution is 5.97. The molecule has 0 fully saturated rings. The smallest absolute Gasteiger partial charge is 0.159 e. The van der Waals surface area contributed by atoms with Crippen molar-refractivity contribution in [1.82, 2.24) is 35.1 Å². The normalized spacial score (nSPS) is 11.3. The molecule has 0 saturated heterocycles. The van der Waals surface area contributed by atoms with E-state index in [4.69, 9.17) is 4.98 Å². The first-order valence-electron chi connectivity index (χ1n) is 11.9. The lowest BCUT2D eigenvalue weighted by molar-refractivity contribution is 0.633. The lowest BCUT2D eigenvalue weighted by atomic mass is 10.0. The van der Waals surface area contributed by atoms with Gasteiger partial charge in [0.25, 0.3) is 0 Å². The molecule has 3 N–H and O–H groups in total. The molecule has 0 bridgehead atoms. The average Bonchev–Trinajstić information content (AvgIpc) is 3.52. The van der Waals surface area contributed by atoms with Crippen molar-refractivity contribution in [2.75, 3.05) is 5.32 Å². The Morgan fingerprint density at radius 1 is 1.00 bits per heavy atom. The molecule has 0 aliphatic heterocycles. The van der Waals surface area contributed by atoms with Crippen molar-refractivity contribution in [3.8, 4) is 33.9 Å². The Morgan fingerprint density at radius 2 is 1.89 bits per heavy atom. The molecule has 5 aromatic heterocycles. The van der Waals surface area contributed by atoms with Crippen LogP contribution in [0.15, 0.2) is 79.7 Å². The van der Waals surface area contributed by atoms with Gasteiger partial charge in [-0.1, -0.05) is 19.9 Å². The number of hydrogen-bond donors (Lipinski definition) is 3. The van der Waals surface area contributed by atoms with Crippen LogP contribution in [-0.2, 0) is 0 Å². The molecular formula is C28H23FN8. The summed E-state index contributed by atoms with van der Waals surface area (Å²) in [4.78, 5) is 21.2. The Morgan fingerprint density at radius 3 is 2.73 bits per heavy atom. The van der Waals surface area contributed by atoms with E-state index in [2.05, 4.69) is 49.0 Å². The summed E-state index contributed by atoms with van der Waals surface area (Å²) in [6.07, 6.45) is 10.4. The van der Waals surface area contributed by atoms with Crippen LogP contribution in [0.1, 0.15) is 19.8 Å². The van der Waals surface area contributed by atoms with Gasteiger partial charge in [-0.3, -0.25) is 20.1 Å². The van der Waals surface area contributed by atoms with E-state index in [9.17, 15) is 0 Å². The van der Waals surface area contributed by atoms with Gasteiger partial charge in [-0.05, 0) is 36.8 Å². The van der Waals surface area contributed by atoms with Gasteiger partial charge >= 0.3 is 0 Å². The summed E-state index contributed by atoms with van der Waals surface area (Å²) in [7, 11) is 0. The maximum atomic E-state index is 15.2. The number of benzene rings is 1. The third-order valence-corrected chi connectivity index (χ3v) is 6.13. The summed E-state index contributed by atoms with van der Waals surface area (Å²) in [5, 5.41) is 11.4. The van der Waals surface area contributed by atoms with E-state index in [-0.39, 0.29) is 5.82 Å². The molecule has 5 heterocycles. The quantitative estimate of drug-likeness (QED) is 0.236. The van der Waals surface area contributed by atoms with Crippen molar-refractivity contribution < 1.29 is 4.39 Å². The molecule has 6 rings (SSSR count). The highest BCUT2D eigenvalue weighted by Crippen LogP contribution is 2.34. The molecule has 0 aliphatic carbocycles. The van der Waals surface area contributed by atoms with Crippen molar-refractivity contribution in [3.63, 3.8) is 0 Å². The summed E-state index contributed by atoms with van der Waals surface area (Å²) in [5.41, 5.74) is 6.98. The minimum absolute atomic E-state index is 0.373. The minimum Gasteiger partial charge on any atom is -0.358 e. The van der Waals surface area contributed by atoms with E-state index in [1.54, 1.807) is 37.1 Å². The fourth-order valence-corrected chi connectivity index (χ4v) is 4.43. The third-order valence-electron chi connectivity index (χ3n) is 6.13. The van der Waals surface area contributed by atoms with Gasteiger partial charge in [0.1, 0.15) is 17.0 Å². The summed E-state index contributed by atoms with van der Waals surface area (Å²) in [6.45, 7) is 6.13. The zero-order valence-electron chi connectivity index (χ0n) is 20.1. The van der Waals surface area contributed by atoms with Crippen LogP contribution < -0.4 is 5.32 Å². The highest BCUT2D eigenvalue weighted by Gasteiger charge is 2.18. The van der Waals surface area contributed by atoms with Crippen LogP contribution in [0.4, 0.5) is 10.1 Å². The topological polar surface area (TPSA) is 108 Å². The third kappa shape index (κ3) is 4.20. The van der Waals surface area contributed by atoms with Gasteiger partial charge in [-0.25, -0.2) is 9.37 Å². The second-order valence-electron chi connectivity index (χ2n) is 8.77. The van der Waals surface area contributed by atoms with E-state index in [1.165, 1.54) is 6.07 Å². The van der Waals surface area contributed by atoms with Gasteiger partial charge < -0.3 is 10.3 Å². The fourth-order valence-electron chi connectivity index (χ4n) is 4.43. The Balaban J connectivity index is 1.43. The molecule has 0 atom stereocenters. The van der Waals surface area contributed by atoms with Crippen molar-refractivity contribution in [2.24, 2.45) is 0 Å². The first-order valence-corrected chi connectivity index (χ1v) is 11.9. The number of imidazole rings is 1. The van der Waals surface area contributed by atoms with Gasteiger partial charge in [0.2, 0.25) is 0 Å². The van der Waals surface area contributed by atoms with E-state index in [0.29, 0.717) is 33.7 Å². The Kier molecular flexibility index (Phi) is 5.65. The summed E-state index contributed by atoms with van der Waals surface area (Å²) in [5.74, 6) is 0.183. The lowest BCUT2D eigenvalue weighted by Gasteiger charge is -2.10. The summed E-state index contributed by atoms with van der Waals surface area (Å²) >= 11 is 0. The number of aromatic nitrogens is 7. The maximum absolute atomic E-state index is 15.2. The van der Waals surface area contributed by atoms with Crippen LogP contribution in [-0.4, -0.2) is 35.1 Å². The largest absolute Gasteiger partial charge is 0.358 e. The van der Waals surface area contributed by atoms with Crippen LogP contribution in [0.3, 0.4) is 0 Å². The minimum atomic E-state index is -0.373. The fraction of sp³-hybridized carbons (Fsp3) is 0.107. The van der Waals surface area contributed by atoms with Crippen molar-refractivity contribution in [2.45, 2.75) is 19.8 Å². The number of nitrogens with one attached hydrogen (secondary N) is 3. The molecule has 0 amide bonds. The van der Waals surface area contributed by atoms with E-state index < -0.39 is 0 Å². The van der Waals surface area contributed by atoms with Crippen molar-refractivity contribution >= 4 is 27.6 Å². The molecular weight excluding hydrogens is 467 g/mol. The van der Waals surface area contributed by atoms with E-state index in [0.717, 1.165) is 46.4 Å². The molecule has 1 aromatic carbocycles. The Hall–Kier alpha value is -4.92. The first-order chi connectivity index (χ1) is 18.1. The number of nitrogens with zero attached hydrogens (tertiary/aromatic N) is 5. The van der Waals surface area contributed by atoms with Gasteiger partial charge in [0.05, 0.1) is 28.6 Å². The standard InChI is InChI=1S/C28H23FN8/c1-3-5-16(2)33-19-10-18(14-31-15-19)20-11-21-24(12-22(20)29)36-37-26(21)28-34-23-7-9-32-25(27(23)35-28)17-6-4-8-30-13-17/h4,6-15,33H,2-3,5H2,1H3,(H,34,35)(H,36,37). The number of anilines is 1. The average molecular weight is 491 g/mol. The highest BCUT2D eigenvalue weighted by atomic mass is 19.1. The maximum Gasteiger partial charge on any atom is 0.159 e. The molecule has 0 spiro atoms. The van der Waals surface area contributed by atoms with Crippen LogP contribution in [0.25, 0.3) is 55.8 Å². The second kappa shape index (κ2) is 9.27. The Bertz CT molecular complexity index is 1750. The zero-order valence-corrected chi connectivity index (χ0v) is 20.1. The number of rotatable bonds is 7. The van der Waals surface area contributed by atoms with Crippen molar-refractivity contribution in [1.29, 1.82) is 0 Å². The molecule has 6 aromatic rings. The zero-order chi connectivity index (χ0) is 25.4. The van der Waals surface area contributed by atoms with Gasteiger partial charge in [-0.15, -0.1) is 0 Å². The molecule has 8 nitrogen and oxygen atoms in total. The van der Waals surface area contributed by atoms with Gasteiger partial charge in [-0.2, -0.15) is 5.10 Å². The van der Waals surface area contributed by atoms with Crippen LogP contribution >= 0.6 is 0 Å². The number of H-pyrrole nitrogens is 2. The molecule has 37 heavy (non-hydrogen) atoms. The Labute approximate surface area is 211 Å². The van der Waals surface area contributed by atoms with E-state index >= 15 is 4.39 Å². The second-order valence-corrected chi connectivity index (χ2v) is 8.77. The number of allylic oxidation sites excluding steroid dienone is 1. The summed E-state index contributed by atoms with van der Waals surface area (Å²) < 4.78 is 15.2. The monoisotopic (exact) mass is 490 g/mol. The number of aromatic amines is 2. The van der Waals surface area contributed by atoms with Crippen molar-refractivity contribution in [3.05, 3.63) is 85.5 Å². The van der Waals surface area contributed by atoms with Crippen LogP contribution in [0, 0.1) is 5.82 Å². The molecule has 0 radical (unpaired) electrons. The lowest BCUT2D eigenvalue weighted by Crippen LogP contribution is -1.98. The number of hydrogen-bond acceptors (Lipinski definition) is 6. The first kappa shape index (κ1) is 22.5. The van der Waals surface area contributed by atoms with Gasteiger partial charge in [0.15, 0.2) is 5.82 Å². The molecule has 9 heteroatoms. The summed E-state index contributed by atoms with van der Waals surface area (Å²) in [6, 6.07) is 10.8. The molecule has 0 saturated carbocycles. The molecule has 0 unspecified atom stereocenters. The predicted molar refractivity (Wildman–Crippen MR) is 143 cm³/mol. The molecule has 182 valence electrons. The van der Waals surface area contributed by atoms with Gasteiger partial charge in [0, 0.05) is 58.6 Å². The molecule has 0 aliphatic rings.